The van der Waals surface area contributed by atoms with E-state index in [4.69, 9.17) is 21.1 Å². The number of ether oxygens (including phenoxy) is 2. The van der Waals surface area contributed by atoms with E-state index in [1.165, 1.54) is 0 Å². The van der Waals surface area contributed by atoms with E-state index in [9.17, 15) is 4.79 Å². The molecule has 25 heavy (non-hydrogen) atoms. The fourth-order valence-corrected chi connectivity index (χ4v) is 2.89. The average Bonchev–Trinajstić information content (AvgIpc) is 3.11. The summed E-state index contributed by atoms with van der Waals surface area (Å²) in [4.78, 5) is 16.2. The molecule has 2 aromatic rings. The van der Waals surface area contributed by atoms with Crippen LogP contribution in [0.1, 0.15) is 11.3 Å². The van der Waals surface area contributed by atoms with Crippen LogP contribution < -0.4 is 9.47 Å². The molecule has 0 aliphatic carbocycles. The zero-order chi connectivity index (χ0) is 18.0. The smallest absolute Gasteiger partial charge is 0.237 e. The van der Waals surface area contributed by atoms with Gasteiger partial charge in [0.1, 0.15) is 5.69 Å². The lowest BCUT2D eigenvalue weighted by Gasteiger charge is -2.24. The topological polar surface area (TPSA) is 59.8 Å². The number of halogens is 1. The summed E-state index contributed by atoms with van der Waals surface area (Å²) in [5, 5.41) is 4.90. The summed E-state index contributed by atoms with van der Waals surface area (Å²) in [5.41, 5.74) is 1.64. The number of likely N-dealkylation sites (N-methyl/N-ethyl adjacent to an activating group) is 1. The van der Waals surface area contributed by atoms with E-state index in [0.29, 0.717) is 36.1 Å². The van der Waals surface area contributed by atoms with E-state index < -0.39 is 0 Å². The van der Waals surface area contributed by atoms with Crippen LogP contribution in [0, 0.1) is 0 Å². The first kappa shape index (κ1) is 17.6. The Kier molecular flexibility index (Phi) is 5.15. The number of carbonyl (C=O) groups is 1. The molecule has 0 spiro atoms. The first-order chi connectivity index (χ1) is 11.9. The highest BCUT2D eigenvalue weighted by molar-refractivity contribution is 6.31. The number of fused-ring (bicyclic) bond motifs is 1. The third-order valence-corrected chi connectivity index (χ3v) is 4.13. The lowest BCUT2D eigenvalue weighted by molar-refractivity contribution is -0.133. The van der Waals surface area contributed by atoms with E-state index in [2.05, 4.69) is 5.10 Å². The Hall–Kier alpha value is -2.25. The molecule has 0 saturated heterocycles. The van der Waals surface area contributed by atoms with E-state index >= 15 is 0 Å². The molecule has 1 aliphatic heterocycles. The van der Waals surface area contributed by atoms with Gasteiger partial charge in [-0.2, -0.15) is 5.10 Å². The van der Waals surface area contributed by atoms with Crippen molar-refractivity contribution < 1.29 is 14.3 Å². The number of amides is 1. The molecule has 3 rings (SSSR count). The summed E-state index contributed by atoms with van der Waals surface area (Å²) in [5.74, 6) is 1.43. The molecule has 0 fully saturated rings. The van der Waals surface area contributed by atoms with Gasteiger partial charge < -0.3 is 19.3 Å². The summed E-state index contributed by atoms with van der Waals surface area (Å²) in [6.07, 6.45) is 1.73. The van der Waals surface area contributed by atoms with Gasteiger partial charge in [0.2, 0.25) is 12.7 Å². The second kappa shape index (κ2) is 7.33. The Labute approximate surface area is 151 Å². The highest BCUT2D eigenvalue weighted by Crippen LogP contribution is 2.33. The number of aryl methyl sites for hydroxylation is 1. The average molecular weight is 365 g/mol. The summed E-state index contributed by atoms with van der Waals surface area (Å²) in [6, 6.07) is 5.70. The number of benzene rings is 1. The monoisotopic (exact) mass is 364 g/mol. The molecule has 134 valence electrons. The largest absolute Gasteiger partial charge is 0.454 e. The van der Waals surface area contributed by atoms with Crippen molar-refractivity contribution in [1.82, 2.24) is 19.6 Å². The molecule has 8 heteroatoms. The molecule has 1 aromatic carbocycles. The van der Waals surface area contributed by atoms with Gasteiger partial charge in [-0.25, -0.2) is 0 Å². The zero-order valence-corrected chi connectivity index (χ0v) is 15.3. The molecular weight excluding hydrogens is 344 g/mol. The van der Waals surface area contributed by atoms with Crippen molar-refractivity contribution in [3.63, 3.8) is 0 Å². The second-order valence-electron chi connectivity index (χ2n) is 6.27. The van der Waals surface area contributed by atoms with Gasteiger partial charge in [0.15, 0.2) is 11.5 Å². The number of hydrogen-bond donors (Lipinski definition) is 0. The Morgan fingerprint density at radius 2 is 2.04 bits per heavy atom. The maximum absolute atomic E-state index is 12.7. The fraction of sp³-hybridized carbons (Fsp3) is 0.412. The van der Waals surface area contributed by atoms with Gasteiger partial charge in [-0.15, -0.1) is 0 Å². The second-order valence-corrected chi connectivity index (χ2v) is 6.68. The summed E-state index contributed by atoms with van der Waals surface area (Å²) in [6.45, 7) is 1.33. The molecule has 0 saturated carbocycles. The van der Waals surface area contributed by atoms with Gasteiger partial charge in [0.05, 0.1) is 18.1 Å². The Morgan fingerprint density at radius 3 is 2.72 bits per heavy atom. The predicted molar refractivity (Wildman–Crippen MR) is 93.6 cm³/mol. The summed E-state index contributed by atoms with van der Waals surface area (Å²) in [7, 11) is 5.54. The fourth-order valence-electron chi connectivity index (χ4n) is 2.66. The molecule has 1 aromatic heterocycles. The molecule has 0 N–H and O–H groups in total. The number of carbonyl (C=O) groups excluding carboxylic acids is 1. The van der Waals surface area contributed by atoms with E-state index in [1.807, 2.05) is 37.2 Å². The highest BCUT2D eigenvalue weighted by atomic mass is 35.5. The predicted octanol–water partition coefficient (Wildman–Crippen LogP) is 1.89. The standard InChI is InChI=1S/C17H21ClN4O3/c1-20(2)10-17(23)22(9-14-13(18)8-21(3)19-14)7-12-4-5-15-16(6-12)25-11-24-15/h4-6,8H,7,9-11H2,1-3H3. The van der Waals surface area contributed by atoms with Crippen LogP contribution in [0.15, 0.2) is 24.4 Å². The third kappa shape index (κ3) is 4.24. The number of nitrogens with zero attached hydrogens (tertiary/aromatic N) is 4. The quantitative estimate of drug-likeness (QED) is 0.783. The van der Waals surface area contributed by atoms with Crippen LogP contribution in [0.3, 0.4) is 0 Å². The van der Waals surface area contributed by atoms with Crippen LogP contribution in [0.4, 0.5) is 0 Å². The summed E-state index contributed by atoms with van der Waals surface area (Å²) >= 11 is 6.21. The Balaban J connectivity index is 1.80. The minimum atomic E-state index is 0.00406. The van der Waals surface area contributed by atoms with Crippen molar-refractivity contribution >= 4 is 17.5 Å². The first-order valence-corrected chi connectivity index (χ1v) is 8.29. The molecule has 2 heterocycles. The third-order valence-electron chi connectivity index (χ3n) is 3.81. The Bertz CT molecular complexity index is 775. The molecule has 7 nitrogen and oxygen atoms in total. The maximum Gasteiger partial charge on any atom is 0.237 e. The van der Waals surface area contributed by atoms with Gasteiger partial charge in [-0.05, 0) is 31.8 Å². The van der Waals surface area contributed by atoms with Crippen molar-refractivity contribution in [2.45, 2.75) is 13.1 Å². The number of aromatic nitrogens is 2. The lowest BCUT2D eigenvalue weighted by Crippen LogP contribution is -2.37. The molecule has 0 atom stereocenters. The van der Waals surface area contributed by atoms with Crippen LogP contribution in [0.2, 0.25) is 5.02 Å². The van der Waals surface area contributed by atoms with Gasteiger partial charge in [-0.3, -0.25) is 9.48 Å². The lowest BCUT2D eigenvalue weighted by atomic mass is 10.2. The summed E-state index contributed by atoms with van der Waals surface area (Å²) < 4.78 is 12.4. The van der Waals surface area contributed by atoms with Crippen molar-refractivity contribution in [2.75, 3.05) is 27.4 Å². The van der Waals surface area contributed by atoms with Crippen LogP contribution in [0.5, 0.6) is 11.5 Å². The highest BCUT2D eigenvalue weighted by Gasteiger charge is 2.20. The molecular formula is C17H21ClN4O3. The molecule has 0 bridgehead atoms. The maximum atomic E-state index is 12.7. The molecule has 0 unspecified atom stereocenters. The Morgan fingerprint density at radius 1 is 1.28 bits per heavy atom. The van der Waals surface area contributed by atoms with E-state index in [1.54, 1.807) is 22.8 Å². The first-order valence-electron chi connectivity index (χ1n) is 7.91. The normalized spacial score (nSPS) is 12.7. The van der Waals surface area contributed by atoms with E-state index in [0.717, 1.165) is 11.3 Å². The van der Waals surface area contributed by atoms with Gasteiger partial charge >= 0.3 is 0 Å². The zero-order valence-electron chi connectivity index (χ0n) is 14.5. The van der Waals surface area contributed by atoms with E-state index in [-0.39, 0.29) is 12.7 Å². The van der Waals surface area contributed by atoms with Gasteiger partial charge in [-0.1, -0.05) is 17.7 Å². The minimum absolute atomic E-state index is 0.00406. The van der Waals surface area contributed by atoms with Gasteiger partial charge in [0.25, 0.3) is 0 Å². The van der Waals surface area contributed by atoms with Crippen molar-refractivity contribution in [3.8, 4) is 11.5 Å². The number of rotatable bonds is 6. The van der Waals surface area contributed by atoms with Crippen LogP contribution in [-0.2, 0) is 24.9 Å². The van der Waals surface area contributed by atoms with Gasteiger partial charge in [0, 0.05) is 19.8 Å². The van der Waals surface area contributed by atoms with Crippen LogP contribution in [-0.4, -0.2) is 52.9 Å². The SMILES string of the molecule is CN(C)CC(=O)N(Cc1ccc2c(c1)OCO2)Cc1nn(C)cc1Cl. The van der Waals surface area contributed by atoms with Crippen LogP contribution in [0.25, 0.3) is 0 Å². The molecule has 1 aliphatic rings. The molecule has 1 amide bonds. The van der Waals surface area contributed by atoms with Crippen LogP contribution >= 0.6 is 11.6 Å². The van der Waals surface area contributed by atoms with Crippen molar-refractivity contribution in [1.29, 1.82) is 0 Å². The van der Waals surface area contributed by atoms with Crippen molar-refractivity contribution in [2.24, 2.45) is 7.05 Å². The molecule has 0 radical (unpaired) electrons. The number of hydrogen-bond acceptors (Lipinski definition) is 5. The van der Waals surface area contributed by atoms with Crippen molar-refractivity contribution in [3.05, 3.63) is 40.7 Å². The minimum Gasteiger partial charge on any atom is -0.454 e.